The number of allylic oxidation sites excluding steroid dienone is 1. The van der Waals surface area contributed by atoms with E-state index in [2.05, 4.69) is 29.2 Å². The quantitative estimate of drug-likeness (QED) is 0.0257. The number of hydroxylamine groups is 6. The fraction of sp³-hybridized carbons (Fsp3) is 0.879. The van der Waals surface area contributed by atoms with Crippen molar-refractivity contribution in [2.75, 3.05) is 26.2 Å². The van der Waals surface area contributed by atoms with Crippen LogP contribution in [0.4, 0.5) is 4.79 Å². The number of nitrogens with one attached hydrogen (secondary N) is 3. The second kappa shape index (κ2) is 23.5. The first-order valence-electron chi connectivity index (χ1n) is 18.0. The summed E-state index contributed by atoms with van der Waals surface area (Å²) < 4.78 is 0. The van der Waals surface area contributed by atoms with Crippen LogP contribution in [-0.2, 0) is 4.79 Å². The number of hydrogen-bond acceptors (Lipinski definition) is 10. The molecule has 4 atom stereocenters. The predicted octanol–water partition coefficient (Wildman–Crippen LogP) is 4.58. The van der Waals surface area contributed by atoms with Gasteiger partial charge in [-0.2, -0.15) is 10.1 Å². The highest BCUT2D eigenvalue weighted by Gasteiger charge is 2.64. The molecule has 0 bridgehead atoms. The molecule has 0 radical (unpaired) electrons. The topological polar surface area (TPSA) is 181 Å². The molecule has 2 unspecified atom stereocenters. The van der Waals surface area contributed by atoms with Crippen molar-refractivity contribution >= 4 is 11.9 Å². The van der Waals surface area contributed by atoms with E-state index in [1.807, 2.05) is 6.08 Å². The van der Waals surface area contributed by atoms with E-state index in [4.69, 9.17) is 0 Å². The van der Waals surface area contributed by atoms with Crippen molar-refractivity contribution in [3.05, 3.63) is 12.2 Å². The Morgan fingerprint density at radius 2 is 1.52 bits per heavy atom. The first kappa shape index (κ1) is 40.3. The second-order valence-electron chi connectivity index (χ2n) is 13.0. The first-order valence-corrected chi connectivity index (χ1v) is 18.0. The second-order valence-corrected chi connectivity index (χ2v) is 13.0. The van der Waals surface area contributed by atoms with Crippen molar-refractivity contribution in [1.29, 1.82) is 0 Å². The molecule has 2 aliphatic rings. The number of carbonyl (C=O) groups excluding carboxylic acids is 2. The number of hydrogen-bond donors (Lipinski definition) is 8. The van der Waals surface area contributed by atoms with Crippen molar-refractivity contribution < 1.29 is 35.4 Å². The molecule has 2 heterocycles. The van der Waals surface area contributed by atoms with Crippen LogP contribution >= 0.6 is 0 Å². The molecule has 13 heteroatoms. The van der Waals surface area contributed by atoms with Crippen molar-refractivity contribution in [2.24, 2.45) is 0 Å². The molecule has 0 spiro atoms. The van der Waals surface area contributed by atoms with Crippen LogP contribution in [0.25, 0.3) is 0 Å². The number of fused-ring (bicyclic) bond motifs is 1. The highest BCUT2D eigenvalue weighted by molar-refractivity contribution is 5.76. The number of carbonyl (C=O) groups is 2. The molecule has 3 amide bonds. The van der Waals surface area contributed by atoms with Gasteiger partial charge in [0.1, 0.15) is 6.04 Å². The lowest BCUT2D eigenvalue weighted by atomic mass is 9.97. The lowest BCUT2D eigenvalue weighted by Crippen LogP contribution is -2.56. The highest BCUT2D eigenvalue weighted by Crippen LogP contribution is 2.36. The van der Waals surface area contributed by atoms with Crippen LogP contribution in [0.5, 0.6) is 0 Å². The summed E-state index contributed by atoms with van der Waals surface area (Å²) in [6, 6.07) is -3.08. The summed E-state index contributed by atoms with van der Waals surface area (Å²) >= 11 is 0. The molecule has 13 nitrogen and oxygen atoms in total. The Bertz CT molecular complexity index is 868. The Hall–Kier alpha value is -1.84. The van der Waals surface area contributed by atoms with E-state index in [1.165, 1.54) is 64.2 Å². The first-order chi connectivity index (χ1) is 22.3. The van der Waals surface area contributed by atoms with Gasteiger partial charge in [0.25, 0.3) is 0 Å². The van der Waals surface area contributed by atoms with E-state index >= 15 is 0 Å². The SMILES string of the molecule is CCCCCCCCCCCCC/C=C/C[C@H](CO)N(O)C(=O)CCCCCNNCCCC[C@@H]1NCC2N(O)C(=O)N(O)C21O. The summed E-state index contributed by atoms with van der Waals surface area (Å²) in [5.74, 6) is -0.366. The highest BCUT2D eigenvalue weighted by atomic mass is 16.6. The van der Waals surface area contributed by atoms with E-state index in [9.17, 15) is 35.4 Å². The smallest absolute Gasteiger partial charge is 0.370 e. The molecular weight excluding hydrogens is 592 g/mol. The number of nitrogens with zero attached hydrogens (tertiary/aromatic N) is 3. The molecule has 2 saturated heterocycles. The Kier molecular flexibility index (Phi) is 20.6. The zero-order chi connectivity index (χ0) is 33.6. The lowest BCUT2D eigenvalue weighted by molar-refractivity contribution is -0.219. The van der Waals surface area contributed by atoms with E-state index in [-0.39, 0.29) is 30.5 Å². The van der Waals surface area contributed by atoms with Crippen LogP contribution in [0.1, 0.15) is 135 Å². The number of aliphatic hydroxyl groups excluding tert-OH is 1. The summed E-state index contributed by atoms with van der Waals surface area (Å²) in [6.45, 7) is 3.58. The minimum absolute atomic E-state index is 0.196. The molecule has 0 aromatic rings. The third-order valence-electron chi connectivity index (χ3n) is 9.30. The maximum absolute atomic E-state index is 12.4. The number of hydrazine groups is 1. The minimum atomic E-state index is -1.84. The van der Waals surface area contributed by atoms with Gasteiger partial charge in [0.2, 0.25) is 11.6 Å². The van der Waals surface area contributed by atoms with Gasteiger partial charge in [-0.15, -0.1) is 0 Å². The third-order valence-corrected chi connectivity index (χ3v) is 9.30. The van der Waals surface area contributed by atoms with Crippen LogP contribution in [0.2, 0.25) is 0 Å². The Labute approximate surface area is 276 Å². The summed E-state index contributed by atoms with van der Waals surface area (Å²) in [5.41, 5.74) is 4.44. The summed E-state index contributed by atoms with van der Waals surface area (Å²) in [4.78, 5) is 24.1. The predicted molar refractivity (Wildman–Crippen MR) is 176 cm³/mol. The number of amides is 3. The van der Waals surface area contributed by atoms with Gasteiger partial charge in [-0.05, 0) is 44.9 Å². The molecule has 268 valence electrons. The largest absolute Gasteiger partial charge is 0.394 e. The van der Waals surface area contributed by atoms with Crippen molar-refractivity contribution in [1.82, 2.24) is 31.4 Å². The van der Waals surface area contributed by atoms with Gasteiger partial charge in [-0.3, -0.25) is 31.3 Å². The standard InChI is InChI=1S/C33H64N6O7/c1-2-3-4-5-6-7-8-9-10-11-12-13-14-16-21-28(27-40)37(44)31(41)23-17-15-19-24-35-36-25-20-18-22-29-33(43)30(26-34-29)38(45)32(42)39(33)46/h14,16,28-30,34-36,40,43-46H,2-13,15,17-27H2,1H3/b16-14+/t28-,29+,30?,33?/m1/s1. The Morgan fingerprint density at radius 1 is 0.935 bits per heavy atom. The molecule has 8 N–H and O–H groups in total. The summed E-state index contributed by atoms with van der Waals surface area (Å²) in [6.07, 6.45) is 24.6. The van der Waals surface area contributed by atoms with Gasteiger partial charge in [-0.1, -0.05) is 96.1 Å². The molecule has 0 aliphatic carbocycles. The monoisotopic (exact) mass is 656 g/mol. The zero-order valence-corrected chi connectivity index (χ0v) is 28.3. The number of rotatable bonds is 28. The van der Waals surface area contributed by atoms with E-state index < -0.39 is 29.9 Å². The molecule has 2 aliphatic heterocycles. The fourth-order valence-electron chi connectivity index (χ4n) is 6.31. The minimum Gasteiger partial charge on any atom is -0.394 e. The molecule has 2 rings (SSSR count). The normalized spacial score (nSPS) is 21.9. The zero-order valence-electron chi connectivity index (χ0n) is 28.3. The van der Waals surface area contributed by atoms with Crippen molar-refractivity contribution in [2.45, 2.75) is 159 Å². The average molecular weight is 657 g/mol. The summed E-state index contributed by atoms with van der Waals surface area (Å²) in [7, 11) is 0. The van der Waals surface area contributed by atoms with Crippen LogP contribution < -0.4 is 16.2 Å². The Morgan fingerprint density at radius 3 is 2.15 bits per heavy atom. The lowest BCUT2D eigenvalue weighted by Gasteiger charge is -2.31. The summed E-state index contributed by atoms with van der Waals surface area (Å²) in [5, 5.41) is 54.8. The third kappa shape index (κ3) is 13.3. The van der Waals surface area contributed by atoms with Gasteiger partial charge in [0.05, 0.1) is 18.7 Å². The molecule has 46 heavy (non-hydrogen) atoms. The van der Waals surface area contributed by atoms with Crippen LogP contribution in [0, 0.1) is 0 Å². The molecule has 0 aromatic heterocycles. The van der Waals surface area contributed by atoms with Crippen molar-refractivity contribution in [3.63, 3.8) is 0 Å². The number of aliphatic hydroxyl groups is 2. The average Bonchev–Trinajstić information content (AvgIpc) is 3.47. The van der Waals surface area contributed by atoms with E-state index in [0.717, 1.165) is 45.1 Å². The molecule has 2 fully saturated rings. The van der Waals surface area contributed by atoms with Gasteiger partial charge in [0, 0.05) is 26.1 Å². The maximum atomic E-state index is 12.4. The maximum Gasteiger partial charge on any atom is 0.370 e. The number of unbranched alkanes of at least 4 members (excludes halogenated alkanes) is 14. The van der Waals surface area contributed by atoms with Gasteiger partial charge < -0.3 is 15.5 Å². The van der Waals surface area contributed by atoms with Gasteiger partial charge in [-0.25, -0.2) is 9.86 Å². The number of urea groups is 1. The molecule has 0 aromatic carbocycles. The van der Waals surface area contributed by atoms with Crippen LogP contribution in [0.15, 0.2) is 12.2 Å². The van der Waals surface area contributed by atoms with Crippen LogP contribution in [0.3, 0.4) is 0 Å². The van der Waals surface area contributed by atoms with Crippen molar-refractivity contribution in [3.8, 4) is 0 Å². The fourth-order valence-corrected chi connectivity index (χ4v) is 6.31. The van der Waals surface area contributed by atoms with Gasteiger partial charge >= 0.3 is 6.03 Å². The molecular formula is C33H64N6O7. The van der Waals surface area contributed by atoms with Gasteiger partial charge in [0.15, 0.2) is 0 Å². The van der Waals surface area contributed by atoms with E-state index in [0.29, 0.717) is 35.9 Å². The Balaban J connectivity index is 1.41. The van der Waals surface area contributed by atoms with Crippen LogP contribution in [-0.4, -0.2) is 103 Å². The van der Waals surface area contributed by atoms with E-state index in [1.54, 1.807) is 0 Å². The molecule has 0 saturated carbocycles.